The zero-order valence-corrected chi connectivity index (χ0v) is 17.4. The first-order valence-corrected chi connectivity index (χ1v) is 9.84. The molecule has 0 saturated carbocycles. The number of imide groups is 1. The van der Waals surface area contributed by atoms with Crippen LogP contribution in [0.1, 0.15) is 43.4 Å². The van der Waals surface area contributed by atoms with Crippen molar-refractivity contribution in [3.05, 3.63) is 70.2 Å². The van der Waals surface area contributed by atoms with E-state index in [0.29, 0.717) is 16.5 Å². The van der Waals surface area contributed by atoms with Crippen LogP contribution in [0.15, 0.2) is 48.5 Å². The molecule has 2 N–H and O–H groups in total. The second-order valence-corrected chi connectivity index (χ2v) is 8.06. The molecule has 152 valence electrons. The number of carbonyl (C=O) groups is 3. The monoisotopic (exact) mass is 413 g/mol. The number of hydrogen-bond acceptors (Lipinski definition) is 3. The Morgan fingerprint density at radius 1 is 1.10 bits per heavy atom. The van der Waals surface area contributed by atoms with Crippen LogP contribution in [0.2, 0.25) is 5.02 Å². The van der Waals surface area contributed by atoms with Gasteiger partial charge in [0.25, 0.3) is 5.91 Å². The third kappa shape index (κ3) is 4.43. The molecule has 0 spiro atoms. The number of benzene rings is 2. The summed E-state index contributed by atoms with van der Waals surface area (Å²) in [4.78, 5) is 38.6. The molecule has 2 aromatic rings. The number of urea groups is 1. The standard InChI is InChI=1S/C22H24ClN3O3/c1-14(2)16-6-8-17(9-7-16)22(3)20(28)26(21(29)25-22)13-19(27)24-12-15-4-10-18(23)11-5-15/h4-11,14H,12-13H2,1-3H3,(H,24,27)(H,25,29)/t22-/m1/s1. The van der Waals surface area contributed by atoms with E-state index in [9.17, 15) is 14.4 Å². The van der Waals surface area contributed by atoms with E-state index in [4.69, 9.17) is 11.6 Å². The van der Waals surface area contributed by atoms with Crippen molar-refractivity contribution >= 4 is 29.4 Å². The topological polar surface area (TPSA) is 78.5 Å². The fourth-order valence-corrected chi connectivity index (χ4v) is 3.37. The van der Waals surface area contributed by atoms with Gasteiger partial charge in [0, 0.05) is 11.6 Å². The average molecular weight is 414 g/mol. The predicted molar refractivity (Wildman–Crippen MR) is 111 cm³/mol. The van der Waals surface area contributed by atoms with Gasteiger partial charge in [-0.15, -0.1) is 0 Å². The molecule has 0 bridgehead atoms. The molecule has 29 heavy (non-hydrogen) atoms. The van der Waals surface area contributed by atoms with Gasteiger partial charge in [-0.1, -0.05) is 61.8 Å². The molecule has 0 unspecified atom stereocenters. The summed E-state index contributed by atoms with van der Waals surface area (Å²) in [5, 5.41) is 6.05. The largest absolute Gasteiger partial charge is 0.350 e. The SMILES string of the molecule is CC(C)c1ccc([C@@]2(C)NC(=O)N(CC(=O)NCc3ccc(Cl)cc3)C2=O)cc1. The number of amides is 4. The molecule has 3 rings (SSSR count). The van der Waals surface area contributed by atoms with E-state index in [1.165, 1.54) is 0 Å². The van der Waals surface area contributed by atoms with Crippen LogP contribution in [0, 0.1) is 0 Å². The van der Waals surface area contributed by atoms with Gasteiger partial charge in [0.1, 0.15) is 12.1 Å². The van der Waals surface area contributed by atoms with Crippen molar-refractivity contribution in [1.29, 1.82) is 0 Å². The number of halogens is 1. The van der Waals surface area contributed by atoms with E-state index in [1.54, 1.807) is 31.2 Å². The van der Waals surface area contributed by atoms with Crippen molar-refractivity contribution in [2.45, 2.75) is 38.8 Å². The van der Waals surface area contributed by atoms with Crippen LogP contribution in [0.25, 0.3) is 0 Å². The summed E-state index contributed by atoms with van der Waals surface area (Å²) in [6, 6.07) is 14.1. The lowest BCUT2D eigenvalue weighted by Crippen LogP contribution is -2.43. The summed E-state index contributed by atoms with van der Waals surface area (Å²) < 4.78 is 0. The van der Waals surface area contributed by atoms with E-state index in [2.05, 4.69) is 24.5 Å². The predicted octanol–water partition coefficient (Wildman–Crippen LogP) is 3.55. The van der Waals surface area contributed by atoms with Gasteiger partial charge in [0.05, 0.1) is 0 Å². The molecule has 1 aliphatic heterocycles. The van der Waals surface area contributed by atoms with E-state index in [1.807, 2.05) is 24.3 Å². The molecule has 6 nitrogen and oxygen atoms in total. The van der Waals surface area contributed by atoms with Crippen LogP contribution >= 0.6 is 11.6 Å². The first kappa shape index (κ1) is 20.9. The van der Waals surface area contributed by atoms with Crippen molar-refractivity contribution < 1.29 is 14.4 Å². The first-order chi connectivity index (χ1) is 13.7. The Morgan fingerprint density at radius 3 is 2.31 bits per heavy atom. The molecular weight excluding hydrogens is 390 g/mol. The third-order valence-corrected chi connectivity index (χ3v) is 5.39. The van der Waals surface area contributed by atoms with Crippen molar-refractivity contribution in [2.75, 3.05) is 6.54 Å². The minimum atomic E-state index is -1.19. The van der Waals surface area contributed by atoms with Gasteiger partial charge >= 0.3 is 6.03 Å². The molecule has 1 heterocycles. The van der Waals surface area contributed by atoms with Gasteiger partial charge in [-0.3, -0.25) is 14.5 Å². The Balaban J connectivity index is 1.66. The van der Waals surface area contributed by atoms with Gasteiger partial charge in [-0.25, -0.2) is 4.79 Å². The summed E-state index contributed by atoms with van der Waals surface area (Å²) in [6.07, 6.45) is 0. The number of nitrogens with one attached hydrogen (secondary N) is 2. The smallest absolute Gasteiger partial charge is 0.325 e. The average Bonchev–Trinajstić information content (AvgIpc) is 2.91. The van der Waals surface area contributed by atoms with Gasteiger partial charge in [0.2, 0.25) is 5.91 Å². The molecule has 1 atom stereocenters. The summed E-state index contributed by atoms with van der Waals surface area (Å²) in [7, 11) is 0. The van der Waals surface area contributed by atoms with Crippen LogP contribution < -0.4 is 10.6 Å². The quantitative estimate of drug-likeness (QED) is 0.711. The molecule has 7 heteroatoms. The number of rotatable bonds is 6. The summed E-state index contributed by atoms with van der Waals surface area (Å²) in [5.74, 6) is -0.490. The second-order valence-electron chi connectivity index (χ2n) is 7.63. The Hall–Kier alpha value is -2.86. The van der Waals surface area contributed by atoms with E-state index in [0.717, 1.165) is 16.0 Å². The minimum Gasteiger partial charge on any atom is -0.350 e. The highest BCUT2D eigenvalue weighted by Gasteiger charge is 2.49. The number of carbonyl (C=O) groups excluding carboxylic acids is 3. The molecule has 0 aromatic heterocycles. The fraction of sp³-hybridized carbons (Fsp3) is 0.318. The van der Waals surface area contributed by atoms with Crippen LogP contribution in [0.3, 0.4) is 0 Å². The number of hydrogen-bond donors (Lipinski definition) is 2. The Morgan fingerprint density at radius 2 is 1.72 bits per heavy atom. The van der Waals surface area contributed by atoms with Crippen molar-refractivity contribution in [2.24, 2.45) is 0 Å². The molecular formula is C22H24ClN3O3. The van der Waals surface area contributed by atoms with Gasteiger partial charge in [-0.05, 0) is 41.7 Å². The number of nitrogens with zero attached hydrogens (tertiary/aromatic N) is 1. The Kier molecular flexibility index (Phi) is 5.94. The lowest BCUT2D eigenvalue weighted by molar-refractivity contribution is -0.134. The lowest BCUT2D eigenvalue weighted by Gasteiger charge is -2.22. The third-order valence-electron chi connectivity index (χ3n) is 5.13. The van der Waals surface area contributed by atoms with Crippen LogP contribution in [0.5, 0.6) is 0 Å². The highest BCUT2D eigenvalue weighted by atomic mass is 35.5. The first-order valence-electron chi connectivity index (χ1n) is 9.46. The molecule has 1 aliphatic rings. The fourth-order valence-electron chi connectivity index (χ4n) is 3.24. The van der Waals surface area contributed by atoms with Gasteiger partial charge in [0.15, 0.2) is 0 Å². The van der Waals surface area contributed by atoms with E-state index in [-0.39, 0.29) is 13.1 Å². The molecule has 1 saturated heterocycles. The zero-order chi connectivity index (χ0) is 21.2. The van der Waals surface area contributed by atoms with Gasteiger partial charge in [-0.2, -0.15) is 0 Å². The van der Waals surface area contributed by atoms with Gasteiger partial charge < -0.3 is 10.6 Å². The zero-order valence-electron chi connectivity index (χ0n) is 16.7. The Bertz CT molecular complexity index is 925. The molecule has 2 aromatic carbocycles. The summed E-state index contributed by atoms with van der Waals surface area (Å²) in [5.41, 5.74) is 1.51. The van der Waals surface area contributed by atoms with Crippen molar-refractivity contribution in [1.82, 2.24) is 15.5 Å². The van der Waals surface area contributed by atoms with Crippen molar-refractivity contribution in [3.63, 3.8) is 0 Å². The Labute approximate surface area is 175 Å². The maximum absolute atomic E-state index is 13.0. The molecule has 0 aliphatic carbocycles. The van der Waals surface area contributed by atoms with E-state index < -0.39 is 23.4 Å². The summed E-state index contributed by atoms with van der Waals surface area (Å²) >= 11 is 5.85. The highest BCUT2D eigenvalue weighted by molar-refractivity contribution is 6.30. The lowest BCUT2D eigenvalue weighted by atomic mass is 9.90. The van der Waals surface area contributed by atoms with E-state index >= 15 is 0 Å². The van der Waals surface area contributed by atoms with Crippen LogP contribution in [-0.4, -0.2) is 29.3 Å². The highest BCUT2D eigenvalue weighted by Crippen LogP contribution is 2.29. The minimum absolute atomic E-state index is 0.285. The van der Waals surface area contributed by atoms with Crippen LogP contribution in [0.4, 0.5) is 4.79 Å². The molecule has 1 fully saturated rings. The normalized spacial score (nSPS) is 18.9. The second kappa shape index (κ2) is 8.25. The maximum Gasteiger partial charge on any atom is 0.325 e. The van der Waals surface area contributed by atoms with Crippen LogP contribution in [-0.2, 0) is 21.7 Å². The summed E-state index contributed by atoms with van der Waals surface area (Å²) in [6.45, 7) is 5.78. The molecule has 0 radical (unpaired) electrons. The molecule has 4 amide bonds. The van der Waals surface area contributed by atoms with Crippen molar-refractivity contribution in [3.8, 4) is 0 Å². The maximum atomic E-state index is 13.0.